The number of carbonyl (C=O) groups is 3. The first-order chi connectivity index (χ1) is 12.0. The van der Waals surface area contributed by atoms with Crippen LogP contribution in [0.1, 0.15) is 33.3 Å². The molecule has 1 aromatic carbocycles. The topological polar surface area (TPSA) is 114 Å². The molecule has 8 heteroatoms. The Labute approximate surface area is 152 Å². The molecule has 0 fully saturated rings. The minimum atomic E-state index is -1.17. The Morgan fingerprint density at radius 2 is 1.69 bits per heavy atom. The first-order valence-corrected chi connectivity index (χ1v) is 8.17. The van der Waals surface area contributed by atoms with Gasteiger partial charge in [0.05, 0.1) is 7.11 Å². The Kier molecular flexibility index (Phi) is 7.42. The molecule has 1 rings (SSSR count). The van der Waals surface area contributed by atoms with E-state index in [1.165, 1.54) is 14.0 Å². The van der Waals surface area contributed by atoms with Crippen LogP contribution in [0.15, 0.2) is 24.3 Å². The molecule has 0 heterocycles. The Morgan fingerprint density at radius 1 is 1.12 bits per heavy atom. The lowest BCUT2D eigenvalue weighted by Crippen LogP contribution is -2.51. The quantitative estimate of drug-likeness (QED) is 0.677. The van der Waals surface area contributed by atoms with E-state index in [1.807, 2.05) is 0 Å². The molecule has 8 nitrogen and oxygen atoms in total. The molecule has 0 aliphatic heterocycles. The molecule has 0 radical (unpaired) electrons. The van der Waals surface area contributed by atoms with E-state index in [2.05, 4.69) is 10.6 Å². The number of ether oxygens (including phenoxy) is 2. The summed E-state index contributed by atoms with van der Waals surface area (Å²) in [4.78, 5) is 35.3. The van der Waals surface area contributed by atoms with E-state index in [-0.39, 0.29) is 6.42 Å². The van der Waals surface area contributed by atoms with Crippen molar-refractivity contribution in [3.05, 3.63) is 29.8 Å². The van der Waals surface area contributed by atoms with Gasteiger partial charge in [0.1, 0.15) is 23.4 Å². The molecule has 1 aromatic rings. The molecule has 0 aromatic heterocycles. The van der Waals surface area contributed by atoms with Crippen molar-refractivity contribution < 1.29 is 29.0 Å². The maximum atomic E-state index is 12.2. The van der Waals surface area contributed by atoms with E-state index in [9.17, 15) is 19.5 Å². The molecule has 1 unspecified atom stereocenters. The van der Waals surface area contributed by atoms with Gasteiger partial charge in [-0.1, -0.05) is 12.1 Å². The van der Waals surface area contributed by atoms with E-state index in [0.717, 1.165) is 5.56 Å². The van der Waals surface area contributed by atoms with Gasteiger partial charge in [-0.2, -0.15) is 0 Å². The highest BCUT2D eigenvalue weighted by Crippen LogP contribution is 2.13. The van der Waals surface area contributed by atoms with Gasteiger partial charge in [0.15, 0.2) is 0 Å². The number of carbonyl (C=O) groups excluding carboxylic acids is 2. The third-order valence-corrected chi connectivity index (χ3v) is 3.34. The fraction of sp³-hybridized carbons (Fsp3) is 0.500. The van der Waals surface area contributed by atoms with Crippen LogP contribution in [-0.4, -0.2) is 47.9 Å². The van der Waals surface area contributed by atoms with Crippen LogP contribution < -0.4 is 15.4 Å². The number of methoxy groups -OCH3 is 1. The van der Waals surface area contributed by atoms with Gasteiger partial charge in [0.2, 0.25) is 5.91 Å². The van der Waals surface area contributed by atoms with Crippen LogP contribution in [0, 0.1) is 0 Å². The standard InChI is InChI=1S/C18H26N2O6/c1-11(19-17(24)26-18(2,3)4)15(21)20-14(16(22)23)10-12-6-8-13(25-5)9-7-12/h6-9,11,14H,10H2,1-5H3,(H,19,24)(H,20,21)(H,22,23)/t11-,14?/m0/s1. The number of alkyl carbamates (subject to hydrolysis) is 1. The first kappa shape index (κ1) is 21.3. The Balaban J connectivity index is 2.66. The Morgan fingerprint density at radius 3 is 2.15 bits per heavy atom. The Bertz CT molecular complexity index is 636. The largest absolute Gasteiger partial charge is 0.497 e. The fourth-order valence-electron chi connectivity index (χ4n) is 2.04. The summed E-state index contributed by atoms with van der Waals surface area (Å²) in [5, 5.41) is 14.1. The number of carboxylic acid groups (broad SMARTS) is 1. The van der Waals surface area contributed by atoms with Crippen LogP contribution in [0.3, 0.4) is 0 Å². The van der Waals surface area contributed by atoms with Gasteiger partial charge in [-0.3, -0.25) is 4.79 Å². The van der Waals surface area contributed by atoms with E-state index >= 15 is 0 Å². The van der Waals surface area contributed by atoms with E-state index in [0.29, 0.717) is 5.75 Å². The number of aliphatic carboxylic acids is 1. The number of hydrogen-bond donors (Lipinski definition) is 3. The zero-order valence-electron chi connectivity index (χ0n) is 15.7. The maximum Gasteiger partial charge on any atom is 0.408 e. The van der Waals surface area contributed by atoms with Gasteiger partial charge in [-0.25, -0.2) is 9.59 Å². The summed E-state index contributed by atoms with van der Waals surface area (Å²) in [6.45, 7) is 6.55. The first-order valence-electron chi connectivity index (χ1n) is 8.17. The van der Waals surface area contributed by atoms with Gasteiger partial charge in [-0.15, -0.1) is 0 Å². The van der Waals surface area contributed by atoms with Crippen molar-refractivity contribution in [2.45, 2.75) is 51.8 Å². The number of carboxylic acids is 1. The zero-order chi connectivity index (χ0) is 19.9. The van der Waals surface area contributed by atoms with Crippen molar-refractivity contribution in [1.29, 1.82) is 0 Å². The van der Waals surface area contributed by atoms with Crippen molar-refractivity contribution >= 4 is 18.0 Å². The number of benzene rings is 1. The van der Waals surface area contributed by atoms with Crippen LogP contribution in [0.2, 0.25) is 0 Å². The lowest BCUT2D eigenvalue weighted by Gasteiger charge is -2.22. The van der Waals surface area contributed by atoms with Crippen LogP contribution in [0.25, 0.3) is 0 Å². The second-order valence-corrected chi connectivity index (χ2v) is 6.82. The highest BCUT2D eigenvalue weighted by Gasteiger charge is 2.25. The third-order valence-electron chi connectivity index (χ3n) is 3.34. The number of nitrogens with one attached hydrogen (secondary N) is 2. The predicted octanol–water partition coefficient (Wildman–Crippen LogP) is 1.72. The fourth-order valence-corrected chi connectivity index (χ4v) is 2.04. The molecule has 0 saturated heterocycles. The molecule has 3 N–H and O–H groups in total. The van der Waals surface area contributed by atoms with Crippen molar-refractivity contribution in [3.63, 3.8) is 0 Å². The lowest BCUT2D eigenvalue weighted by atomic mass is 10.1. The van der Waals surface area contributed by atoms with Gasteiger partial charge in [0.25, 0.3) is 0 Å². The molecule has 144 valence electrons. The number of hydrogen-bond acceptors (Lipinski definition) is 5. The molecule has 0 spiro atoms. The molecule has 26 heavy (non-hydrogen) atoms. The average molecular weight is 366 g/mol. The zero-order valence-corrected chi connectivity index (χ0v) is 15.7. The van der Waals surface area contributed by atoms with E-state index in [4.69, 9.17) is 9.47 Å². The summed E-state index contributed by atoms with van der Waals surface area (Å²) < 4.78 is 10.1. The van der Waals surface area contributed by atoms with Gasteiger partial charge >= 0.3 is 12.1 Å². The second-order valence-electron chi connectivity index (χ2n) is 6.82. The maximum absolute atomic E-state index is 12.2. The van der Waals surface area contributed by atoms with Gasteiger partial charge in [-0.05, 0) is 45.4 Å². The summed E-state index contributed by atoms with van der Waals surface area (Å²) in [6, 6.07) is 4.80. The summed E-state index contributed by atoms with van der Waals surface area (Å²) >= 11 is 0. The van der Waals surface area contributed by atoms with Crippen LogP contribution >= 0.6 is 0 Å². The van der Waals surface area contributed by atoms with Crippen molar-refractivity contribution in [2.24, 2.45) is 0 Å². The normalized spacial score (nSPS) is 13.3. The monoisotopic (exact) mass is 366 g/mol. The molecule has 2 atom stereocenters. The highest BCUT2D eigenvalue weighted by molar-refractivity contribution is 5.89. The number of rotatable bonds is 7. The SMILES string of the molecule is COc1ccc(CC(NC(=O)[C@H](C)NC(=O)OC(C)(C)C)C(=O)O)cc1. The Hall–Kier alpha value is -2.77. The molecule has 0 aliphatic carbocycles. The highest BCUT2D eigenvalue weighted by atomic mass is 16.6. The molecular formula is C18H26N2O6. The van der Waals surface area contributed by atoms with Gasteiger partial charge < -0.3 is 25.2 Å². The molecule has 0 aliphatic rings. The minimum absolute atomic E-state index is 0.101. The summed E-state index contributed by atoms with van der Waals surface area (Å²) in [5.41, 5.74) is 0.0318. The minimum Gasteiger partial charge on any atom is -0.497 e. The van der Waals surface area contributed by atoms with Crippen LogP contribution in [0.5, 0.6) is 5.75 Å². The lowest BCUT2D eigenvalue weighted by molar-refractivity contribution is -0.142. The van der Waals surface area contributed by atoms with Crippen LogP contribution in [-0.2, 0) is 20.7 Å². The molecule has 0 saturated carbocycles. The third kappa shape index (κ3) is 7.42. The van der Waals surface area contributed by atoms with E-state index < -0.39 is 35.7 Å². The predicted molar refractivity (Wildman–Crippen MR) is 95.1 cm³/mol. The molecule has 2 amide bonds. The molecular weight excluding hydrogens is 340 g/mol. The van der Waals surface area contributed by atoms with Crippen molar-refractivity contribution in [3.8, 4) is 5.75 Å². The second kappa shape index (κ2) is 9.07. The van der Waals surface area contributed by atoms with Gasteiger partial charge in [0, 0.05) is 6.42 Å². The van der Waals surface area contributed by atoms with E-state index in [1.54, 1.807) is 45.0 Å². The average Bonchev–Trinajstić information content (AvgIpc) is 2.52. The van der Waals surface area contributed by atoms with Crippen LogP contribution in [0.4, 0.5) is 4.79 Å². The number of amides is 2. The van der Waals surface area contributed by atoms with Crippen molar-refractivity contribution in [1.82, 2.24) is 10.6 Å². The summed E-state index contributed by atoms with van der Waals surface area (Å²) in [5.74, 6) is -1.13. The smallest absolute Gasteiger partial charge is 0.408 e. The summed E-state index contributed by atoms with van der Waals surface area (Å²) in [6.07, 6.45) is -0.647. The molecule has 0 bridgehead atoms. The summed E-state index contributed by atoms with van der Waals surface area (Å²) in [7, 11) is 1.54. The van der Waals surface area contributed by atoms with Crippen molar-refractivity contribution in [2.75, 3.05) is 7.11 Å².